The van der Waals surface area contributed by atoms with Crippen LogP contribution in [0.25, 0.3) is 6.08 Å². The lowest BCUT2D eigenvalue weighted by Crippen LogP contribution is -2.07. The lowest BCUT2D eigenvalue weighted by atomic mass is 10.2. The molecule has 0 saturated carbocycles. The van der Waals surface area contributed by atoms with Crippen molar-refractivity contribution in [2.45, 2.75) is 6.54 Å². The molecular weight excluding hydrogens is 248 g/mol. The van der Waals surface area contributed by atoms with E-state index in [1.54, 1.807) is 13.2 Å². The summed E-state index contributed by atoms with van der Waals surface area (Å²) in [5, 5.41) is 0. The molecule has 0 saturated heterocycles. The summed E-state index contributed by atoms with van der Waals surface area (Å²) in [4.78, 5) is 4.33. The van der Waals surface area contributed by atoms with E-state index in [0.29, 0.717) is 12.4 Å². The van der Waals surface area contributed by atoms with E-state index in [9.17, 15) is 0 Å². The van der Waals surface area contributed by atoms with Gasteiger partial charge >= 0.3 is 0 Å². The summed E-state index contributed by atoms with van der Waals surface area (Å²) < 4.78 is 5.27. The van der Waals surface area contributed by atoms with Crippen molar-refractivity contribution >= 4 is 11.9 Å². The second-order valence-electron chi connectivity index (χ2n) is 4.30. The van der Waals surface area contributed by atoms with Crippen LogP contribution in [0.2, 0.25) is 0 Å². The maximum atomic E-state index is 5.88. The van der Waals surface area contributed by atoms with E-state index in [4.69, 9.17) is 10.5 Å². The van der Waals surface area contributed by atoms with Crippen molar-refractivity contribution in [3.05, 3.63) is 71.8 Å². The largest absolute Gasteiger partial charge is 0.496 e. The van der Waals surface area contributed by atoms with Gasteiger partial charge in [-0.05, 0) is 23.8 Å². The van der Waals surface area contributed by atoms with Crippen molar-refractivity contribution in [2.24, 2.45) is 10.7 Å². The third-order valence-corrected chi connectivity index (χ3v) is 2.86. The molecule has 0 radical (unpaired) electrons. The highest BCUT2D eigenvalue weighted by atomic mass is 16.5. The number of para-hydroxylation sites is 1. The Morgan fingerprint density at radius 2 is 1.80 bits per heavy atom. The van der Waals surface area contributed by atoms with Crippen LogP contribution in [0.4, 0.5) is 0 Å². The smallest absolute Gasteiger partial charge is 0.126 e. The van der Waals surface area contributed by atoms with Crippen LogP contribution in [0, 0.1) is 0 Å². The molecule has 2 N–H and O–H groups in total. The van der Waals surface area contributed by atoms with Crippen LogP contribution in [0.15, 0.2) is 65.7 Å². The Bertz CT molecular complexity index is 603. The summed E-state index contributed by atoms with van der Waals surface area (Å²) >= 11 is 0. The zero-order valence-electron chi connectivity index (χ0n) is 11.5. The van der Waals surface area contributed by atoms with Crippen molar-refractivity contribution in [2.75, 3.05) is 7.11 Å². The van der Waals surface area contributed by atoms with E-state index in [2.05, 4.69) is 4.99 Å². The first-order chi connectivity index (χ1) is 9.79. The standard InChI is InChI=1S/C17H18N2O/c1-20-16-10-6-5-9-15(16)11-12-17(18)19-13-14-7-3-2-4-8-14/h2-12H,13H2,1H3,(H2,18,19). The van der Waals surface area contributed by atoms with Gasteiger partial charge < -0.3 is 10.5 Å². The average molecular weight is 266 g/mol. The summed E-state index contributed by atoms with van der Waals surface area (Å²) in [6.45, 7) is 0.586. The average Bonchev–Trinajstić information content (AvgIpc) is 2.52. The summed E-state index contributed by atoms with van der Waals surface area (Å²) in [5.74, 6) is 1.32. The topological polar surface area (TPSA) is 47.6 Å². The van der Waals surface area contributed by atoms with E-state index < -0.39 is 0 Å². The van der Waals surface area contributed by atoms with E-state index in [1.807, 2.05) is 60.7 Å². The molecule has 0 amide bonds. The minimum Gasteiger partial charge on any atom is -0.496 e. The van der Waals surface area contributed by atoms with E-state index >= 15 is 0 Å². The Labute approximate surface area is 119 Å². The van der Waals surface area contributed by atoms with Crippen molar-refractivity contribution in [3.63, 3.8) is 0 Å². The molecule has 2 aromatic rings. The van der Waals surface area contributed by atoms with Gasteiger partial charge in [-0.2, -0.15) is 0 Å². The molecule has 0 aromatic heterocycles. The number of aliphatic imine (C=N–C) groups is 1. The lowest BCUT2D eigenvalue weighted by molar-refractivity contribution is 0.414. The van der Waals surface area contributed by atoms with Gasteiger partial charge in [-0.3, -0.25) is 4.99 Å². The number of nitrogens with two attached hydrogens (primary N) is 1. The Kier molecular flexibility index (Phi) is 4.95. The second kappa shape index (κ2) is 7.14. The van der Waals surface area contributed by atoms with Crippen LogP contribution < -0.4 is 10.5 Å². The fraction of sp³-hybridized carbons (Fsp3) is 0.118. The third kappa shape index (κ3) is 3.99. The van der Waals surface area contributed by atoms with Gasteiger partial charge in [0.2, 0.25) is 0 Å². The van der Waals surface area contributed by atoms with E-state index in [0.717, 1.165) is 16.9 Å². The summed E-state index contributed by atoms with van der Waals surface area (Å²) in [6, 6.07) is 17.8. The molecule has 0 heterocycles. The monoisotopic (exact) mass is 266 g/mol. The zero-order valence-corrected chi connectivity index (χ0v) is 11.5. The minimum absolute atomic E-state index is 0.500. The number of ether oxygens (including phenoxy) is 1. The molecule has 0 spiro atoms. The molecular formula is C17H18N2O. The molecule has 0 bridgehead atoms. The number of benzene rings is 2. The first-order valence-corrected chi connectivity index (χ1v) is 6.44. The van der Waals surface area contributed by atoms with Crippen molar-refractivity contribution in [3.8, 4) is 5.75 Å². The van der Waals surface area contributed by atoms with E-state index in [-0.39, 0.29) is 0 Å². The van der Waals surface area contributed by atoms with Gasteiger partial charge in [0.05, 0.1) is 13.7 Å². The summed E-state index contributed by atoms with van der Waals surface area (Å²) in [5.41, 5.74) is 8.00. The van der Waals surface area contributed by atoms with Crippen molar-refractivity contribution < 1.29 is 4.74 Å². The van der Waals surface area contributed by atoms with E-state index in [1.165, 1.54) is 0 Å². The van der Waals surface area contributed by atoms with Crippen LogP contribution in [0.5, 0.6) is 5.75 Å². The predicted octanol–water partition coefficient (Wildman–Crippen LogP) is 3.27. The molecule has 3 heteroatoms. The fourth-order valence-corrected chi connectivity index (χ4v) is 1.80. The Balaban J connectivity index is 2.03. The number of hydrogen-bond donors (Lipinski definition) is 1. The Morgan fingerprint density at radius 3 is 2.55 bits per heavy atom. The molecule has 0 fully saturated rings. The minimum atomic E-state index is 0.500. The summed E-state index contributed by atoms with van der Waals surface area (Å²) in [7, 11) is 1.65. The van der Waals surface area contributed by atoms with Crippen LogP contribution in [-0.2, 0) is 6.54 Å². The van der Waals surface area contributed by atoms with Crippen LogP contribution >= 0.6 is 0 Å². The number of hydrogen-bond acceptors (Lipinski definition) is 2. The van der Waals surface area contributed by atoms with Crippen LogP contribution in [0.1, 0.15) is 11.1 Å². The molecule has 0 unspecified atom stereocenters. The first kappa shape index (κ1) is 13.9. The normalized spacial score (nSPS) is 11.8. The maximum Gasteiger partial charge on any atom is 0.126 e. The lowest BCUT2D eigenvalue weighted by Gasteiger charge is -2.03. The first-order valence-electron chi connectivity index (χ1n) is 6.44. The second-order valence-corrected chi connectivity index (χ2v) is 4.30. The van der Waals surface area contributed by atoms with Crippen LogP contribution in [-0.4, -0.2) is 12.9 Å². The molecule has 0 aliphatic carbocycles. The molecule has 0 aliphatic rings. The number of methoxy groups -OCH3 is 1. The van der Waals surface area contributed by atoms with Gasteiger partial charge in [0, 0.05) is 5.56 Å². The molecule has 0 aliphatic heterocycles. The molecule has 3 nitrogen and oxygen atoms in total. The zero-order chi connectivity index (χ0) is 14.2. The maximum absolute atomic E-state index is 5.88. The van der Waals surface area contributed by atoms with Crippen molar-refractivity contribution in [1.29, 1.82) is 0 Å². The SMILES string of the molecule is COc1ccccc1C=CC(N)=NCc1ccccc1. The van der Waals surface area contributed by atoms with Crippen molar-refractivity contribution in [1.82, 2.24) is 0 Å². The summed E-state index contributed by atoms with van der Waals surface area (Å²) in [6.07, 6.45) is 3.70. The predicted molar refractivity (Wildman–Crippen MR) is 83.8 cm³/mol. The van der Waals surface area contributed by atoms with Gasteiger partial charge in [-0.1, -0.05) is 48.5 Å². The quantitative estimate of drug-likeness (QED) is 0.667. The number of rotatable bonds is 5. The highest BCUT2D eigenvalue weighted by Gasteiger charge is 1.96. The molecule has 20 heavy (non-hydrogen) atoms. The van der Waals surface area contributed by atoms with Gasteiger partial charge in [0.15, 0.2) is 0 Å². The van der Waals surface area contributed by atoms with Crippen LogP contribution in [0.3, 0.4) is 0 Å². The molecule has 2 aromatic carbocycles. The van der Waals surface area contributed by atoms with Gasteiger partial charge in [-0.25, -0.2) is 0 Å². The molecule has 0 atom stereocenters. The third-order valence-electron chi connectivity index (χ3n) is 2.86. The number of nitrogens with zero attached hydrogens (tertiary/aromatic N) is 1. The highest BCUT2D eigenvalue weighted by molar-refractivity contribution is 5.95. The molecule has 102 valence electrons. The fourth-order valence-electron chi connectivity index (χ4n) is 1.80. The van der Waals surface area contributed by atoms with Gasteiger partial charge in [0.25, 0.3) is 0 Å². The Morgan fingerprint density at radius 1 is 1.10 bits per heavy atom. The number of amidine groups is 1. The van der Waals surface area contributed by atoms with Gasteiger partial charge in [0.1, 0.15) is 11.6 Å². The molecule has 2 rings (SSSR count). The Hall–Kier alpha value is -2.55. The van der Waals surface area contributed by atoms with Gasteiger partial charge in [-0.15, -0.1) is 0 Å². The highest BCUT2D eigenvalue weighted by Crippen LogP contribution is 2.18.